The largest absolute Gasteiger partial charge is 0.484 e. The summed E-state index contributed by atoms with van der Waals surface area (Å²) < 4.78 is 20.0. The molecule has 0 atom stereocenters. The van der Waals surface area contributed by atoms with Crippen molar-refractivity contribution in [1.29, 1.82) is 0 Å². The molecule has 0 amide bonds. The lowest BCUT2D eigenvalue weighted by molar-refractivity contribution is -0.0172. The molecular weight excluding hydrogens is 241 g/mol. The molecule has 0 unspecified atom stereocenters. The lowest BCUT2D eigenvalue weighted by atomic mass is 9.77. The summed E-state index contributed by atoms with van der Waals surface area (Å²) in [4.78, 5) is 0. The molecule has 0 saturated heterocycles. The fourth-order valence-corrected chi connectivity index (χ4v) is 2.70. The van der Waals surface area contributed by atoms with Crippen molar-refractivity contribution in [2.24, 2.45) is 0 Å². The van der Waals surface area contributed by atoms with Crippen molar-refractivity contribution in [3.8, 4) is 5.75 Å². The fourth-order valence-electron chi connectivity index (χ4n) is 2.70. The van der Waals surface area contributed by atoms with Gasteiger partial charge in [-0.2, -0.15) is 0 Å². The van der Waals surface area contributed by atoms with Crippen LogP contribution in [0.3, 0.4) is 0 Å². The molecule has 1 aromatic carbocycles. The van der Waals surface area contributed by atoms with Crippen LogP contribution in [0.15, 0.2) is 18.2 Å². The van der Waals surface area contributed by atoms with Gasteiger partial charge in [-0.3, -0.25) is 0 Å². The number of hydrogen-bond donors (Lipinski definition) is 1. The first-order valence-electron chi connectivity index (χ1n) is 7.36. The van der Waals surface area contributed by atoms with Gasteiger partial charge in [-0.1, -0.05) is 12.1 Å². The highest BCUT2D eigenvalue weighted by atomic mass is 19.1. The molecule has 2 saturated carbocycles. The van der Waals surface area contributed by atoms with Gasteiger partial charge in [-0.05, 0) is 63.6 Å². The molecule has 2 nitrogen and oxygen atoms in total. The van der Waals surface area contributed by atoms with Crippen LogP contribution in [0.4, 0.5) is 4.39 Å². The van der Waals surface area contributed by atoms with E-state index in [2.05, 4.69) is 5.32 Å². The fraction of sp³-hybridized carbons (Fsp3) is 0.625. The Hall–Kier alpha value is -1.09. The third-order valence-corrected chi connectivity index (χ3v) is 4.34. The van der Waals surface area contributed by atoms with E-state index in [0.29, 0.717) is 11.3 Å². The molecule has 2 fully saturated rings. The highest BCUT2D eigenvalue weighted by Gasteiger charge is 2.39. The van der Waals surface area contributed by atoms with Gasteiger partial charge in [0, 0.05) is 6.04 Å². The van der Waals surface area contributed by atoms with E-state index < -0.39 is 0 Å². The third-order valence-electron chi connectivity index (χ3n) is 4.34. The van der Waals surface area contributed by atoms with E-state index in [-0.39, 0.29) is 11.4 Å². The standard InChI is InChI=1S/C16H22FNO/c1-12-4-2-5-14(15(12)17)19-16(8-3-9-16)10-11-18-13-6-7-13/h2,4-5,13,18H,3,6-11H2,1H3. The summed E-state index contributed by atoms with van der Waals surface area (Å²) in [5.41, 5.74) is 0.527. The van der Waals surface area contributed by atoms with E-state index in [1.54, 1.807) is 19.1 Å². The summed E-state index contributed by atoms with van der Waals surface area (Å²) in [5.74, 6) is 0.218. The van der Waals surface area contributed by atoms with Gasteiger partial charge in [-0.15, -0.1) is 0 Å². The zero-order valence-corrected chi connectivity index (χ0v) is 11.5. The van der Waals surface area contributed by atoms with Gasteiger partial charge in [0.15, 0.2) is 11.6 Å². The Morgan fingerprint density at radius 1 is 1.37 bits per heavy atom. The summed E-state index contributed by atoms with van der Waals surface area (Å²) in [6, 6.07) is 6.12. The first-order valence-corrected chi connectivity index (χ1v) is 7.36. The topological polar surface area (TPSA) is 21.3 Å². The van der Waals surface area contributed by atoms with Gasteiger partial charge in [0.25, 0.3) is 0 Å². The molecule has 2 aliphatic carbocycles. The zero-order valence-electron chi connectivity index (χ0n) is 11.5. The van der Waals surface area contributed by atoms with Crippen LogP contribution in [0.5, 0.6) is 5.75 Å². The van der Waals surface area contributed by atoms with Crippen LogP contribution < -0.4 is 10.1 Å². The summed E-state index contributed by atoms with van der Waals surface area (Å²) in [6.07, 6.45) is 6.88. The van der Waals surface area contributed by atoms with E-state index in [4.69, 9.17) is 4.74 Å². The maximum atomic E-state index is 14.0. The van der Waals surface area contributed by atoms with E-state index in [9.17, 15) is 4.39 Å². The lowest BCUT2D eigenvalue weighted by Crippen LogP contribution is -2.45. The first-order chi connectivity index (χ1) is 9.19. The van der Waals surface area contributed by atoms with Crippen LogP contribution in [0, 0.1) is 12.7 Å². The second kappa shape index (κ2) is 5.12. The second-order valence-corrected chi connectivity index (χ2v) is 6.00. The minimum absolute atomic E-state index is 0.128. The Balaban J connectivity index is 1.62. The van der Waals surface area contributed by atoms with Crippen molar-refractivity contribution in [1.82, 2.24) is 5.32 Å². The van der Waals surface area contributed by atoms with Crippen molar-refractivity contribution in [2.75, 3.05) is 6.54 Å². The molecule has 3 heteroatoms. The Morgan fingerprint density at radius 3 is 2.79 bits per heavy atom. The molecule has 0 aliphatic heterocycles. The number of rotatable bonds is 6. The molecular formula is C16H22FNO. The van der Waals surface area contributed by atoms with Crippen molar-refractivity contribution >= 4 is 0 Å². The summed E-state index contributed by atoms with van der Waals surface area (Å²) in [7, 11) is 0. The van der Waals surface area contributed by atoms with E-state index in [1.165, 1.54) is 19.3 Å². The molecule has 1 aromatic rings. The summed E-state index contributed by atoms with van der Waals surface area (Å²) in [6.45, 7) is 2.77. The number of halogens is 1. The summed E-state index contributed by atoms with van der Waals surface area (Å²) >= 11 is 0. The number of benzene rings is 1. The Labute approximate surface area is 114 Å². The van der Waals surface area contributed by atoms with Crippen molar-refractivity contribution in [3.05, 3.63) is 29.6 Å². The molecule has 2 aliphatic rings. The summed E-state index contributed by atoms with van der Waals surface area (Å²) in [5, 5.41) is 3.52. The molecule has 104 valence electrons. The van der Waals surface area contributed by atoms with Gasteiger partial charge in [-0.25, -0.2) is 4.39 Å². The van der Waals surface area contributed by atoms with Crippen molar-refractivity contribution in [2.45, 2.75) is 57.1 Å². The van der Waals surface area contributed by atoms with Gasteiger partial charge < -0.3 is 10.1 Å². The second-order valence-electron chi connectivity index (χ2n) is 6.00. The Kier molecular flexibility index (Phi) is 3.48. The molecule has 1 N–H and O–H groups in total. The number of aryl methyl sites for hydroxylation is 1. The first kappa shape index (κ1) is 12.9. The van der Waals surface area contributed by atoms with Crippen molar-refractivity contribution in [3.63, 3.8) is 0 Å². The predicted molar refractivity (Wildman–Crippen MR) is 74.0 cm³/mol. The average Bonchev–Trinajstić information content (AvgIpc) is 3.15. The Bertz CT molecular complexity index is 452. The maximum absolute atomic E-state index is 14.0. The quantitative estimate of drug-likeness (QED) is 0.847. The van der Waals surface area contributed by atoms with E-state index in [1.807, 2.05) is 6.07 Å². The third kappa shape index (κ3) is 2.92. The van der Waals surface area contributed by atoms with Crippen LogP contribution in [-0.4, -0.2) is 18.2 Å². The Morgan fingerprint density at radius 2 is 2.16 bits per heavy atom. The van der Waals surface area contributed by atoms with Gasteiger partial charge in [0.1, 0.15) is 5.60 Å². The number of hydrogen-bond acceptors (Lipinski definition) is 2. The highest BCUT2D eigenvalue weighted by molar-refractivity contribution is 5.31. The van der Waals surface area contributed by atoms with Crippen LogP contribution in [0.25, 0.3) is 0 Å². The highest BCUT2D eigenvalue weighted by Crippen LogP contribution is 2.40. The number of ether oxygens (including phenoxy) is 1. The SMILES string of the molecule is Cc1cccc(OC2(CCNC3CC3)CCC2)c1F. The van der Waals surface area contributed by atoms with Crippen LogP contribution >= 0.6 is 0 Å². The molecule has 19 heavy (non-hydrogen) atoms. The molecule has 3 rings (SSSR count). The normalized spacial score (nSPS) is 20.9. The smallest absolute Gasteiger partial charge is 0.167 e. The van der Waals surface area contributed by atoms with Gasteiger partial charge in [0.05, 0.1) is 0 Å². The molecule has 0 spiro atoms. The van der Waals surface area contributed by atoms with Gasteiger partial charge in [0.2, 0.25) is 0 Å². The van der Waals surface area contributed by atoms with Crippen LogP contribution in [-0.2, 0) is 0 Å². The lowest BCUT2D eigenvalue weighted by Gasteiger charge is -2.42. The molecule has 0 radical (unpaired) electrons. The maximum Gasteiger partial charge on any atom is 0.167 e. The average molecular weight is 263 g/mol. The van der Waals surface area contributed by atoms with E-state index in [0.717, 1.165) is 31.8 Å². The monoisotopic (exact) mass is 263 g/mol. The number of nitrogens with one attached hydrogen (secondary N) is 1. The van der Waals surface area contributed by atoms with Gasteiger partial charge >= 0.3 is 0 Å². The minimum Gasteiger partial charge on any atom is -0.484 e. The minimum atomic E-state index is -0.205. The molecule has 0 bridgehead atoms. The van der Waals surface area contributed by atoms with E-state index >= 15 is 0 Å². The zero-order chi connectivity index (χ0) is 13.3. The van der Waals surface area contributed by atoms with Crippen LogP contribution in [0.1, 0.15) is 44.1 Å². The molecule has 0 heterocycles. The van der Waals surface area contributed by atoms with Crippen LogP contribution in [0.2, 0.25) is 0 Å². The molecule has 0 aromatic heterocycles. The van der Waals surface area contributed by atoms with Crippen molar-refractivity contribution < 1.29 is 9.13 Å². The predicted octanol–water partition coefficient (Wildman–Crippen LogP) is 3.58.